The molecular weight excluding hydrogens is 423 g/mol. The predicted molar refractivity (Wildman–Crippen MR) is 103 cm³/mol. The molecule has 0 radical (unpaired) electrons. The molecule has 0 saturated carbocycles. The molecule has 1 aliphatic heterocycles. The molecule has 0 N–H and O–H groups in total. The lowest BCUT2D eigenvalue weighted by molar-refractivity contribution is -0.00805. The summed E-state index contributed by atoms with van der Waals surface area (Å²) in [7, 11) is 0. The van der Waals surface area contributed by atoms with Crippen molar-refractivity contribution in [2.24, 2.45) is 15.9 Å². The van der Waals surface area contributed by atoms with Crippen molar-refractivity contribution in [1.82, 2.24) is 19.9 Å². The Kier molecular flexibility index (Phi) is 6.98. The lowest BCUT2D eigenvalue weighted by Gasteiger charge is -2.40. The summed E-state index contributed by atoms with van der Waals surface area (Å²) in [5.41, 5.74) is 0.489. The summed E-state index contributed by atoms with van der Waals surface area (Å²) in [5, 5.41) is 7.67. The zero-order valence-corrected chi connectivity index (χ0v) is 16.4. The molecule has 2 aromatic rings. The van der Waals surface area contributed by atoms with Gasteiger partial charge in [0, 0.05) is 18.8 Å². The largest absolute Gasteiger partial charge is 0.457 e. The second kappa shape index (κ2) is 9.67. The van der Waals surface area contributed by atoms with Crippen LogP contribution in [-0.2, 0) is 11.3 Å². The topological polar surface area (TPSA) is 67.9 Å². The molecule has 0 spiro atoms. The van der Waals surface area contributed by atoms with Crippen LogP contribution >= 0.6 is 0 Å². The molecule has 0 atom stereocenters. The number of amidine groups is 1. The van der Waals surface area contributed by atoms with Crippen LogP contribution in [0.5, 0.6) is 0 Å². The van der Waals surface area contributed by atoms with Gasteiger partial charge in [-0.3, -0.25) is 0 Å². The van der Waals surface area contributed by atoms with Crippen molar-refractivity contribution in [3.05, 3.63) is 53.4 Å². The number of halogens is 5. The molecule has 0 unspecified atom stereocenters. The molecule has 1 aromatic carbocycles. The van der Waals surface area contributed by atoms with E-state index < -0.39 is 30.1 Å². The number of rotatable bonds is 7. The van der Waals surface area contributed by atoms with E-state index in [1.165, 1.54) is 23.1 Å². The third-order valence-corrected chi connectivity index (χ3v) is 4.63. The Labute approximate surface area is 174 Å². The highest BCUT2D eigenvalue weighted by molar-refractivity contribution is 5.79. The van der Waals surface area contributed by atoms with Gasteiger partial charge in [-0.15, -0.1) is 5.10 Å². The summed E-state index contributed by atoms with van der Waals surface area (Å²) in [4.78, 5) is 9.42. The number of benzene rings is 1. The fourth-order valence-corrected chi connectivity index (χ4v) is 2.78. The molecule has 7 nitrogen and oxygen atoms in total. The molecule has 2 heterocycles. The molecule has 0 bridgehead atoms. The standard InChI is InChI=1S/C19H19F5N6O/c1-11(29-7-12(8-29)17(21)22)6-26-19(25-2)31-10-13-9-30(28-27-13)14-3-4-16(20)15(5-14)18(23)24/h3-6,9,12,17-18H,2,7-8,10H2,1H3/b11-6+,26-19?. The Balaban J connectivity index is 1.60. The van der Waals surface area contributed by atoms with Gasteiger partial charge in [0.05, 0.1) is 29.6 Å². The third kappa shape index (κ3) is 5.44. The maximum atomic E-state index is 13.4. The Morgan fingerprint density at radius 1 is 1.32 bits per heavy atom. The minimum atomic E-state index is -2.96. The van der Waals surface area contributed by atoms with Crippen molar-refractivity contribution in [2.45, 2.75) is 26.4 Å². The molecule has 1 saturated heterocycles. The van der Waals surface area contributed by atoms with Crippen LogP contribution < -0.4 is 0 Å². The van der Waals surface area contributed by atoms with Crippen LogP contribution in [0.3, 0.4) is 0 Å². The van der Waals surface area contributed by atoms with Crippen LogP contribution in [0.15, 0.2) is 46.3 Å². The molecule has 31 heavy (non-hydrogen) atoms. The summed E-state index contributed by atoms with van der Waals surface area (Å²) >= 11 is 0. The normalized spacial score (nSPS) is 15.5. The number of aromatic nitrogens is 3. The van der Waals surface area contributed by atoms with Crippen molar-refractivity contribution in [2.75, 3.05) is 13.1 Å². The third-order valence-electron chi connectivity index (χ3n) is 4.63. The zero-order chi connectivity index (χ0) is 22.5. The number of allylic oxidation sites excluding steroid dienone is 1. The average Bonchev–Trinajstić information content (AvgIpc) is 3.15. The molecule has 12 heteroatoms. The van der Waals surface area contributed by atoms with Crippen LogP contribution in [0, 0.1) is 11.7 Å². The fraction of sp³-hybridized carbons (Fsp3) is 0.368. The van der Waals surface area contributed by atoms with Crippen molar-refractivity contribution < 1.29 is 26.7 Å². The Morgan fingerprint density at radius 2 is 2.06 bits per heavy atom. The van der Waals surface area contributed by atoms with Gasteiger partial charge in [0.25, 0.3) is 6.43 Å². The zero-order valence-electron chi connectivity index (χ0n) is 16.4. The molecule has 166 valence electrons. The van der Waals surface area contributed by atoms with Crippen LogP contribution in [0.1, 0.15) is 24.6 Å². The summed E-state index contributed by atoms with van der Waals surface area (Å²) in [6.45, 7) is 5.51. The molecule has 0 amide bonds. The average molecular weight is 442 g/mol. The highest BCUT2D eigenvalue weighted by Crippen LogP contribution is 2.26. The Bertz CT molecular complexity index is 984. The number of hydrogen-bond donors (Lipinski definition) is 0. The van der Waals surface area contributed by atoms with Gasteiger partial charge in [-0.05, 0) is 31.8 Å². The van der Waals surface area contributed by atoms with E-state index in [0.29, 0.717) is 11.4 Å². The Hall–Kier alpha value is -3.31. The lowest BCUT2D eigenvalue weighted by atomic mass is 10.0. The predicted octanol–water partition coefficient (Wildman–Crippen LogP) is 3.98. The van der Waals surface area contributed by atoms with Gasteiger partial charge in [0.15, 0.2) is 0 Å². The van der Waals surface area contributed by atoms with E-state index >= 15 is 0 Å². The maximum Gasteiger partial charge on any atom is 0.316 e. The summed E-state index contributed by atoms with van der Waals surface area (Å²) in [5.74, 6) is -1.65. The van der Waals surface area contributed by atoms with Gasteiger partial charge in [-0.1, -0.05) is 5.21 Å². The first-order valence-corrected chi connectivity index (χ1v) is 9.15. The molecular formula is C19H19F5N6O. The van der Waals surface area contributed by atoms with Crippen LogP contribution in [0.2, 0.25) is 0 Å². The summed E-state index contributed by atoms with van der Waals surface area (Å²) in [6.07, 6.45) is -2.44. The van der Waals surface area contributed by atoms with Crippen molar-refractivity contribution >= 4 is 12.7 Å². The van der Waals surface area contributed by atoms with Crippen LogP contribution in [0.25, 0.3) is 5.69 Å². The molecule has 1 aliphatic rings. The van der Waals surface area contributed by atoms with Gasteiger partial charge < -0.3 is 9.64 Å². The van der Waals surface area contributed by atoms with Crippen LogP contribution in [-0.4, -0.2) is 52.1 Å². The van der Waals surface area contributed by atoms with Crippen molar-refractivity contribution in [1.29, 1.82) is 0 Å². The number of alkyl halides is 4. The molecule has 3 rings (SSSR count). The van der Waals surface area contributed by atoms with E-state index in [0.717, 1.165) is 12.1 Å². The van der Waals surface area contributed by atoms with Gasteiger partial charge in [0.2, 0.25) is 6.43 Å². The van der Waals surface area contributed by atoms with E-state index in [9.17, 15) is 22.0 Å². The van der Waals surface area contributed by atoms with Gasteiger partial charge >= 0.3 is 6.02 Å². The molecule has 1 aromatic heterocycles. The van der Waals surface area contributed by atoms with Crippen molar-refractivity contribution in [3.8, 4) is 5.69 Å². The minimum absolute atomic E-state index is 0.0680. The number of hydrogen-bond acceptors (Lipinski definition) is 5. The Morgan fingerprint density at radius 3 is 2.71 bits per heavy atom. The second-order valence-corrected chi connectivity index (χ2v) is 6.79. The highest BCUT2D eigenvalue weighted by Gasteiger charge is 2.33. The molecule has 1 fully saturated rings. The molecule has 0 aliphatic carbocycles. The SMILES string of the molecule is C=NC(=N/C=C(\C)N1CC(C(F)F)C1)OCc1cn(-c2ccc(F)c(C(F)F)c2)nn1. The van der Waals surface area contributed by atoms with Gasteiger partial charge in [0.1, 0.15) is 18.1 Å². The van der Waals surface area contributed by atoms with E-state index in [1.807, 2.05) is 0 Å². The number of likely N-dealkylation sites (tertiary alicyclic amines) is 1. The number of ether oxygens (including phenoxy) is 1. The van der Waals surface area contributed by atoms with E-state index in [-0.39, 0.29) is 31.4 Å². The minimum Gasteiger partial charge on any atom is -0.457 e. The smallest absolute Gasteiger partial charge is 0.316 e. The first-order valence-electron chi connectivity index (χ1n) is 9.15. The van der Waals surface area contributed by atoms with E-state index in [1.54, 1.807) is 11.8 Å². The van der Waals surface area contributed by atoms with E-state index in [2.05, 4.69) is 27.0 Å². The van der Waals surface area contributed by atoms with Crippen molar-refractivity contribution in [3.63, 3.8) is 0 Å². The number of nitrogens with zero attached hydrogens (tertiary/aromatic N) is 6. The maximum absolute atomic E-state index is 13.4. The van der Waals surface area contributed by atoms with Gasteiger partial charge in [-0.2, -0.15) is 0 Å². The quantitative estimate of drug-likeness (QED) is 0.370. The first-order chi connectivity index (χ1) is 14.8. The summed E-state index contributed by atoms with van der Waals surface area (Å²) in [6, 6.07) is 3.14. The fourth-order valence-electron chi connectivity index (χ4n) is 2.78. The second-order valence-electron chi connectivity index (χ2n) is 6.79. The highest BCUT2D eigenvalue weighted by atomic mass is 19.3. The monoisotopic (exact) mass is 442 g/mol. The lowest BCUT2D eigenvalue weighted by Crippen LogP contribution is -2.48. The van der Waals surface area contributed by atoms with E-state index in [4.69, 9.17) is 4.74 Å². The van der Waals surface area contributed by atoms with Crippen LogP contribution in [0.4, 0.5) is 22.0 Å². The first kappa shape index (κ1) is 22.4. The number of aliphatic imine (C=N–C) groups is 2. The summed E-state index contributed by atoms with van der Waals surface area (Å²) < 4.78 is 70.9. The van der Waals surface area contributed by atoms with Gasteiger partial charge in [-0.25, -0.2) is 36.6 Å².